The maximum atomic E-state index is 13.3. The van der Waals surface area contributed by atoms with Gasteiger partial charge in [0.15, 0.2) is 5.82 Å². The number of hydrogen-bond acceptors (Lipinski definition) is 7. The number of nitro groups is 1. The highest BCUT2D eigenvalue weighted by molar-refractivity contribution is 6.06. The number of nitro benzene ring substituents is 1. The van der Waals surface area contributed by atoms with Crippen molar-refractivity contribution in [2.45, 2.75) is 25.8 Å². The Morgan fingerprint density at radius 1 is 1.25 bits per heavy atom. The number of aliphatic hydroxyl groups excluding tert-OH is 1. The van der Waals surface area contributed by atoms with E-state index < -0.39 is 11.0 Å². The van der Waals surface area contributed by atoms with Crippen LogP contribution in [0.2, 0.25) is 0 Å². The third-order valence-electron chi connectivity index (χ3n) is 5.13. The zero-order valence-electron chi connectivity index (χ0n) is 17.4. The number of aromatic nitrogens is 3. The first-order valence-corrected chi connectivity index (χ1v) is 10.1. The van der Waals surface area contributed by atoms with E-state index in [4.69, 9.17) is 5.11 Å². The van der Waals surface area contributed by atoms with Gasteiger partial charge in [-0.2, -0.15) is 10.1 Å². The topological polar surface area (TPSA) is 135 Å². The van der Waals surface area contributed by atoms with Crippen LogP contribution in [0.25, 0.3) is 0 Å². The standard InChI is InChI=1S/C22H22N6O4/c1-14-19(21(30)24-16-8-3-2-4-9-16)20(15-7-5-10-17(13-15)28(31)32)27-22(23-14)25-18(26-27)11-6-12-29/h2-5,7-10,13,20,29H,6,11-12H2,1H3,(H,24,30)(H,23,25,26). The summed E-state index contributed by atoms with van der Waals surface area (Å²) in [6.45, 7) is 1.77. The van der Waals surface area contributed by atoms with E-state index in [9.17, 15) is 14.9 Å². The molecule has 32 heavy (non-hydrogen) atoms. The number of anilines is 2. The smallest absolute Gasteiger partial charge is 0.269 e. The Morgan fingerprint density at radius 2 is 2.03 bits per heavy atom. The van der Waals surface area contributed by atoms with Gasteiger partial charge >= 0.3 is 0 Å². The number of fused-ring (bicyclic) bond motifs is 1. The molecule has 2 aromatic carbocycles. The highest BCUT2D eigenvalue weighted by Gasteiger charge is 2.35. The van der Waals surface area contributed by atoms with E-state index in [2.05, 4.69) is 20.7 Å². The number of hydrogen-bond donors (Lipinski definition) is 3. The van der Waals surface area contributed by atoms with Crippen LogP contribution in [0.3, 0.4) is 0 Å². The molecule has 10 nitrogen and oxygen atoms in total. The van der Waals surface area contributed by atoms with Gasteiger partial charge in [-0.15, -0.1) is 0 Å². The molecule has 164 valence electrons. The number of aliphatic hydroxyl groups is 1. The number of nitrogens with one attached hydrogen (secondary N) is 2. The van der Waals surface area contributed by atoms with Crippen LogP contribution in [0.15, 0.2) is 65.9 Å². The van der Waals surface area contributed by atoms with Crippen molar-refractivity contribution in [3.05, 3.63) is 87.4 Å². The number of amides is 1. The number of carbonyl (C=O) groups excluding carboxylic acids is 1. The number of benzene rings is 2. The largest absolute Gasteiger partial charge is 0.396 e. The molecule has 3 aromatic rings. The molecule has 0 radical (unpaired) electrons. The molecule has 0 saturated heterocycles. The summed E-state index contributed by atoms with van der Waals surface area (Å²) in [7, 11) is 0. The summed E-state index contributed by atoms with van der Waals surface area (Å²) < 4.78 is 1.57. The molecule has 1 aromatic heterocycles. The molecule has 1 amide bonds. The molecular weight excluding hydrogens is 412 g/mol. The molecular formula is C22H22N6O4. The van der Waals surface area contributed by atoms with Crippen molar-refractivity contribution in [2.24, 2.45) is 0 Å². The van der Waals surface area contributed by atoms with Crippen LogP contribution >= 0.6 is 0 Å². The van der Waals surface area contributed by atoms with E-state index in [1.807, 2.05) is 18.2 Å². The lowest BCUT2D eigenvalue weighted by Gasteiger charge is -2.28. The molecule has 1 aliphatic heterocycles. The van der Waals surface area contributed by atoms with Gasteiger partial charge in [0.2, 0.25) is 5.95 Å². The molecule has 10 heteroatoms. The zero-order chi connectivity index (χ0) is 22.7. The van der Waals surface area contributed by atoms with Gasteiger partial charge in [0.05, 0.1) is 10.5 Å². The minimum atomic E-state index is -0.717. The van der Waals surface area contributed by atoms with Gasteiger partial charge in [-0.05, 0) is 31.0 Å². The molecule has 4 rings (SSSR count). The Balaban J connectivity index is 1.79. The lowest BCUT2D eigenvalue weighted by atomic mass is 9.94. The van der Waals surface area contributed by atoms with Crippen LogP contribution in [0.4, 0.5) is 17.3 Å². The number of carbonyl (C=O) groups is 1. The van der Waals surface area contributed by atoms with E-state index in [1.54, 1.807) is 35.9 Å². The van der Waals surface area contributed by atoms with Gasteiger partial charge in [-0.25, -0.2) is 4.68 Å². The molecule has 1 unspecified atom stereocenters. The number of allylic oxidation sites excluding steroid dienone is 1. The van der Waals surface area contributed by atoms with E-state index in [-0.39, 0.29) is 18.2 Å². The van der Waals surface area contributed by atoms with Crippen LogP contribution < -0.4 is 10.6 Å². The molecule has 0 spiro atoms. The van der Waals surface area contributed by atoms with E-state index in [0.29, 0.717) is 47.1 Å². The average molecular weight is 434 g/mol. The summed E-state index contributed by atoms with van der Waals surface area (Å²) in [4.78, 5) is 28.7. The minimum absolute atomic E-state index is 0.00756. The Bertz CT molecular complexity index is 1190. The maximum Gasteiger partial charge on any atom is 0.269 e. The van der Waals surface area contributed by atoms with Crippen molar-refractivity contribution >= 4 is 23.2 Å². The summed E-state index contributed by atoms with van der Waals surface area (Å²) >= 11 is 0. The molecule has 0 saturated carbocycles. The van der Waals surface area contributed by atoms with Crippen LogP contribution in [0, 0.1) is 10.1 Å². The number of non-ortho nitro benzene ring substituents is 1. The maximum absolute atomic E-state index is 13.3. The summed E-state index contributed by atoms with van der Waals surface area (Å²) in [6.07, 6.45) is 0.961. The first-order chi connectivity index (χ1) is 15.5. The molecule has 2 heterocycles. The minimum Gasteiger partial charge on any atom is -0.396 e. The first-order valence-electron chi connectivity index (χ1n) is 10.1. The van der Waals surface area contributed by atoms with Gasteiger partial charge in [0.1, 0.15) is 6.04 Å². The normalized spacial score (nSPS) is 15.1. The lowest BCUT2D eigenvalue weighted by molar-refractivity contribution is -0.384. The Hall–Kier alpha value is -4.05. The summed E-state index contributed by atoms with van der Waals surface area (Å²) in [5, 5.41) is 31.1. The van der Waals surface area contributed by atoms with Gasteiger partial charge in [-0.1, -0.05) is 30.3 Å². The first kappa shape index (κ1) is 21.2. The third kappa shape index (κ3) is 4.21. The van der Waals surface area contributed by atoms with Crippen molar-refractivity contribution in [2.75, 3.05) is 17.2 Å². The van der Waals surface area contributed by atoms with E-state index >= 15 is 0 Å². The monoisotopic (exact) mass is 434 g/mol. The number of aryl methyl sites for hydroxylation is 1. The fourth-order valence-corrected chi connectivity index (χ4v) is 3.67. The summed E-state index contributed by atoms with van der Waals surface area (Å²) in [6, 6.07) is 14.5. The SMILES string of the molecule is CC1=C(C(=O)Nc2ccccc2)C(c2cccc([N+](=O)[O-])c2)n2nc(CCCO)nc2N1. The predicted octanol–water partition coefficient (Wildman–Crippen LogP) is 3.04. The van der Waals surface area contributed by atoms with Gasteiger partial charge in [-0.3, -0.25) is 14.9 Å². The summed E-state index contributed by atoms with van der Waals surface area (Å²) in [5.41, 5.74) is 2.04. The fraction of sp³-hybridized carbons (Fsp3) is 0.227. The Morgan fingerprint density at radius 3 is 2.75 bits per heavy atom. The molecule has 0 aliphatic carbocycles. The van der Waals surface area contributed by atoms with E-state index in [0.717, 1.165) is 0 Å². The van der Waals surface area contributed by atoms with Gasteiger partial charge in [0, 0.05) is 36.5 Å². The highest BCUT2D eigenvalue weighted by Crippen LogP contribution is 2.36. The van der Waals surface area contributed by atoms with Crippen LogP contribution in [0.1, 0.15) is 30.8 Å². The second-order valence-electron chi connectivity index (χ2n) is 7.36. The molecule has 0 bridgehead atoms. The van der Waals surface area contributed by atoms with Crippen molar-refractivity contribution in [1.29, 1.82) is 0 Å². The van der Waals surface area contributed by atoms with Crippen LogP contribution in [0.5, 0.6) is 0 Å². The van der Waals surface area contributed by atoms with Gasteiger partial charge in [0.25, 0.3) is 11.6 Å². The Kier molecular flexibility index (Phi) is 5.95. The fourth-order valence-electron chi connectivity index (χ4n) is 3.67. The Labute approximate surface area is 183 Å². The molecule has 0 fully saturated rings. The molecule has 3 N–H and O–H groups in total. The highest BCUT2D eigenvalue weighted by atomic mass is 16.6. The second kappa shape index (κ2) is 8.98. The lowest BCUT2D eigenvalue weighted by Crippen LogP contribution is -2.31. The van der Waals surface area contributed by atoms with Crippen molar-refractivity contribution < 1.29 is 14.8 Å². The van der Waals surface area contributed by atoms with E-state index in [1.165, 1.54) is 12.1 Å². The zero-order valence-corrected chi connectivity index (χ0v) is 17.4. The number of para-hydroxylation sites is 1. The second-order valence-corrected chi connectivity index (χ2v) is 7.36. The van der Waals surface area contributed by atoms with Crippen molar-refractivity contribution in [3.63, 3.8) is 0 Å². The van der Waals surface area contributed by atoms with Crippen LogP contribution in [-0.4, -0.2) is 37.3 Å². The predicted molar refractivity (Wildman–Crippen MR) is 118 cm³/mol. The number of rotatable bonds is 7. The van der Waals surface area contributed by atoms with Crippen LogP contribution in [-0.2, 0) is 11.2 Å². The molecule has 1 atom stereocenters. The quantitative estimate of drug-likeness (QED) is 0.384. The van der Waals surface area contributed by atoms with Gasteiger partial charge < -0.3 is 15.7 Å². The number of nitrogens with zero attached hydrogens (tertiary/aromatic N) is 4. The van der Waals surface area contributed by atoms with Crippen molar-refractivity contribution in [3.8, 4) is 0 Å². The average Bonchev–Trinajstić information content (AvgIpc) is 3.19. The molecule has 1 aliphatic rings. The van der Waals surface area contributed by atoms with Crippen molar-refractivity contribution in [1.82, 2.24) is 14.8 Å². The third-order valence-corrected chi connectivity index (χ3v) is 5.13. The summed E-state index contributed by atoms with van der Waals surface area (Å²) in [5.74, 6) is 0.591.